The number of guanidine groups is 1. The van der Waals surface area contributed by atoms with Gasteiger partial charge in [0.1, 0.15) is 5.75 Å². The fourth-order valence-corrected chi connectivity index (χ4v) is 4.29. The van der Waals surface area contributed by atoms with Crippen molar-refractivity contribution in [3.63, 3.8) is 0 Å². The number of nitrogens with one attached hydrogen (secondary N) is 1. The molecule has 0 saturated carbocycles. The Bertz CT molecular complexity index is 850. The first-order valence-corrected chi connectivity index (χ1v) is 11.4. The van der Waals surface area contributed by atoms with Crippen molar-refractivity contribution in [1.29, 1.82) is 0 Å². The minimum Gasteiger partial charge on any atom is -0.484 e. The summed E-state index contributed by atoms with van der Waals surface area (Å²) in [6, 6.07) is 7.47. The maximum atomic E-state index is 12.3. The van der Waals surface area contributed by atoms with E-state index in [1.165, 1.54) is 4.90 Å². The molecule has 0 radical (unpaired) electrons. The molecule has 1 amide bonds. The van der Waals surface area contributed by atoms with E-state index in [2.05, 4.69) is 5.32 Å². The number of carbonyl (C=O) groups excluding carboxylic acids is 1. The lowest BCUT2D eigenvalue weighted by molar-refractivity contribution is -0.130. The Morgan fingerprint density at radius 3 is 2.69 bits per heavy atom. The quantitative estimate of drug-likeness (QED) is 0.544. The van der Waals surface area contributed by atoms with E-state index in [0.717, 1.165) is 5.56 Å². The van der Waals surface area contributed by atoms with Gasteiger partial charge in [0.25, 0.3) is 5.91 Å². The predicted octanol–water partition coefficient (Wildman–Crippen LogP) is 1.13. The van der Waals surface area contributed by atoms with Crippen molar-refractivity contribution < 1.29 is 17.9 Å². The molecule has 1 aliphatic rings. The van der Waals surface area contributed by atoms with Crippen LogP contribution >= 0.6 is 0 Å². The molecule has 2 rings (SSSR count). The van der Waals surface area contributed by atoms with Crippen molar-refractivity contribution in [3.8, 4) is 5.75 Å². The minimum atomic E-state index is -3.11. The van der Waals surface area contributed by atoms with Crippen molar-refractivity contribution in [2.45, 2.75) is 32.1 Å². The Balaban J connectivity index is 2.09. The monoisotopic (exact) mass is 424 g/mol. The molecule has 0 aliphatic carbocycles. The minimum absolute atomic E-state index is 0.0142. The first kappa shape index (κ1) is 23.0. The van der Waals surface area contributed by atoms with Crippen LogP contribution in [0.15, 0.2) is 29.3 Å². The normalized spacial score (nSPS) is 18.2. The summed E-state index contributed by atoms with van der Waals surface area (Å²) in [6.07, 6.45) is 0. The summed E-state index contributed by atoms with van der Waals surface area (Å²) >= 11 is 0. The Labute approximate surface area is 173 Å². The van der Waals surface area contributed by atoms with E-state index >= 15 is 0 Å². The number of hydrogen-bond donors (Lipinski definition) is 1. The van der Waals surface area contributed by atoms with Gasteiger partial charge in [0.2, 0.25) is 0 Å². The number of ether oxygens (including phenoxy) is 1. The van der Waals surface area contributed by atoms with Gasteiger partial charge in [0, 0.05) is 33.7 Å². The van der Waals surface area contributed by atoms with E-state index in [0.29, 0.717) is 37.9 Å². The lowest BCUT2D eigenvalue weighted by Crippen LogP contribution is -2.57. The van der Waals surface area contributed by atoms with Crippen LogP contribution < -0.4 is 10.1 Å². The summed E-state index contributed by atoms with van der Waals surface area (Å²) in [5.41, 5.74) is 0.944. The van der Waals surface area contributed by atoms with Crippen LogP contribution in [0.5, 0.6) is 5.75 Å². The molecule has 1 heterocycles. The van der Waals surface area contributed by atoms with Crippen LogP contribution in [0.4, 0.5) is 0 Å². The molecule has 1 saturated heterocycles. The van der Waals surface area contributed by atoms with Crippen molar-refractivity contribution in [2.75, 3.05) is 46.1 Å². The predicted molar refractivity (Wildman–Crippen MR) is 115 cm³/mol. The van der Waals surface area contributed by atoms with E-state index in [9.17, 15) is 13.2 Å². The smallest absolute Gasteiger partial charge is 0.259 e. The van der Waals surface area contributed by atoms with Crippen molar-refractivity contribution in [3.05, 3.63) is 29.8 Å². The first-order valence-electron chi connectivity index (χ1n) is 9.73. The van der Waals surface area contributed by atoms with Crippen LogP contribution in [0.1, 0.15) is 26.3 Å². The number of rotatable bonds is 6. The number of carbonyl (C=O) groups is 1. The van der Waals surface area contributed by atoms with Gasteiger partial charge in [0.15, 0.2) is 22.4 Å². The molecule has 8 nitrogen and oxygen atoms in total. The van der Waals surface area contributed by atoms with Gasteiger partial charge in [-0.2, -0.15) is 0 Å². The molecule has 1 aliphatic heterocycles. The molecule has 1 N–H and O–H groups in total. The first-order chi connectivity index (χ1) is 13.6. The zero-order valence-corrected chi connectivity index (χ0v) is 18.8. The molecule has 162 valence electrons. The second-order valence-corrected chi connectivity index (χ2v) is 10.6. The highest BCUT2D eigenvalue weighted by Gasteiger charge is 2.40. The lowest BCUT2D eigenvalue weighted by Gasteiger charge is -2.39. The second-order valence-electron chi connectivity index (χ2n) is 7.89. The van der Waals surface area contributed by atoms with Gasteiger partial charge in [-0.25, -0.2) is 13.4 Å². The Hall–Kier alpha value is -2.29. The molecule has 0 atom stereocenters. The van der Waals surface area contributed by atoms with Crippen LogP contribution in [0.3, 0.4) is 0 Å². The van der Waals surface area contributed by atoms with Crippen molar-refractivity contribution in [2.24, 2.45) is 4.99 Å². The second kappa shape index (κ2) is 9.47. The fraction of sp³-hybridized carbons (Fsp3) is 0.600. The van der Waals surface area contributed by atoms with Crippen LogP contribution in [0.2, 0.25) is 0 Å². The van der Waals surface area contributed by atoms with Gasteiger partial charge in [-0.3, -0.25) is 4.79 Å². The van der Waals surface area contributed by atoms with Gasteiger partial charge in [-0.15, -0.1) is 0 Å². The summed E-state index contributed by atoms with van der Waals surface area (Å²) in [6.45, 7) is 7.42. The number of nitrogens with zero attached hydrogens (tertiary/aromatic N) is 3. The molecular weight excluding hydrogens is 392 g/mol. The summed E-state index contributed by atoms with van der Waals surface area (Å²) in [5.74, 6) is 1.33. The third-order valence-corrected chi connectivity index (χ3v) is 7.38. The zero-order valence-electron chi connectivity index (χ0n) is 17.9. The summed E-state index contributed by atoms with van der Waals surface area (Å²) in [7, 11) is 0.267. The maximum absolute atomic E-state index is 12.3. The van der Waals surface area contributed by atoms with Gasteiger partial charge < -0.3 is 19.9 Å². The Morgan fingerprint density at radius 1 is 1.34 bits per heavy atom. The standard InChI is InChI=1S/C20H32N4O4S/c1-6-21-19(24-10-11-29(26,27)20(2,3)15-24)22-13-16-8-7-9-17(12-16)28-14-18(25)23(4)5/h7-9,12H,6,10-11,13-15H2,1-5H3,(H,21,22). The van der Waals surface area contributed by atoms with Crippen molar-refractivity contribution >= 4 is 21.7 Å². The number of likely N-dealkylation sites (N-methyl/N-ethyl adjacent to an activating group) is 1. The van der Waals surface area contributed by atoms with E-state index in [1.807, 2.05) is 30.0 Å². The van der Waals surface area contributed by atoms with E-state index in [-0.39, 0.29) is 18.3 Å². The van der Waals surface area contributed by atoms with Gasteiger partial charge in [0.05, 0.1) is 17.0 Å². The molecule has 1 fully saturated rings. The lowest BCUT2D eigenvalue weighted by atomic mass is 10.2. The van der Waals surface area contributed by atoms with Crippen LogP contribution in [-0.4, -0.2) is 80.9 Å². The van der Waals surface area contributed by atoms with E-state index in [4.69, 9.17) is 9.73 Å². The van der Waals surface area contributed by atoms with Crippen molar-refractivity contribution in [1.82, 2.24) is 15.1 Å². The number of aliphatic imine (C=N–C) groups is 1. The van der Waals surface area contributed by atoms with Crippen LogP contribution in [-0.2, 0) is 21.2 Å². The zero-order chi connectivity index (χ0) is 21.7. The molecule has 0 unspecified atom stereocenters. The van der Waals surface area contributed by atoms with E-state index < -0.39 is 14.6 Å². The maximum Gasteiger partial charge on any atom is 0.259 e. The summed E-state index contributed by atoms with van der Waals surface area (Å²) < 4.78 is 29.3. The number of sulfone groups is 1. The average molecular weight is 425 g/mol. The molecular formula is C20H32N4O4S. The molecule has 9 heteroatoms. The highest BCUT2D eigenvalue weighted by Crippen LogP contribution is 2.24. The number of benzene rings is 1. The van der Waals surface area contributed by atoms with Gasteiger partial charge in [-0.1, -0.05) is 12.1 Å². The Morgan fingerprint density at radius 2 is 2.07 bits per heavy atom. The topological polar surface area (TPSA) is 91.3 Å². The Kier molecular flexibility index (Phi) is 7.51. The molecule has 1 aromatic carbocycles. The van der Waals surface area contributed by atoms with Gasteiger partial charge in [-0.05, 0) is 38.5 Å². The number of amides is 1. The van der Waals surface area contributed by atoms with E-state index in [1.54, 1.807) is 34.0 Å². The molecule has 0 aromatic heterocycles. The highest BCUT2D eigenvalue weighted by molar-refractivity contribution is 7.92. The summed E-state index contributed by atoms with van der Waals surface area (Å²) in [4.78, 5) is 19.9. The molecule has 0 spiro atoms. The molecule has 29 heavy (non-hydrogen) atoms. The summed E-state index contributed by atoms with van der Waals surface area (Å²) in [5, 5.41) is 3.25. The SMILES string of the molecule is CCNC(=NCc1cccc(OCC(=O)N(C)C)c1)N1CCS(=O)(=O)C(C)(C)C1. The molecule has 1 aromatic rings. The largest absolute Gasteiger partial charge is 0.484 e. The fourth-order valence-electron chi connectivity index (χ4n) is 2.92. The molecule has 0 bridgehead atoms. The third kappa shape index (κ3) is 6.09. The van der Waals surface area contributed by atoms with Gasteiger partial charge >= 0.3 is 0 Å². The van der Waals surface area contributed by atoms with Crippen LogP contribution in [0, 0.1) is 0 Å². The highest BCUT2D eigenvalue weighted by atomic mass is 32.2. The third-order valence-electron chi connectivity index (χ3n) is 4.85. The van der Waals surface area contributed by atoms with Crippen LogP contribution in [0.25, 0.3) is 0 Å². The number of hydrogen-bond acceptors (Lipinski definition) is 5. The average Bonchev–Trinajstić information content (AvgIpc) is 2.65.